The maximum atomic E-state index is 13.2. The standard InChI is InChI=1S/C24H16F2N2O2/c25-19-9-4-16(5-10-19)6-13-23(29)18-2-1-3-21(14-18)28-22(15-27-24(28)30)17-7-11-20(26)12-8-17/h1-15H,(H,27,30). The number of aromatic nitrogens is 2. The first kappa shape index (κ1) is 19.3. The molecule has 148 valence electrons. The predicted octanol–water partition coefficient (Wildman–Crippen LogP) is 5.01. The number of carbonyl (C=O) groups is 1. The van der Waals surface area contributed by atoms with Crippen LogP contribution in [0.5, 0.6) is 0 Å². The van der Waals surface area contributed by atoms with E-state index in [1.807, 2.05) is 0 Å². The molecule has 0 saturated carbocycles. The lowest BCUT2D eigenvalue weighted by atomic mass is 10.1. The summed E-state index contributed by atoms with van der Waals surface area (Å²) in [4.78, 5) is 27.6. The molecular formula is C24H16F2N2O2. The fourth-order valence-corrected chi connectivity index (χ4v) is 3.10. The van der Waals surface area contributed by atoms with Gasteiger partial charge in [0.05, 0.1) is 11.4 Å². The molecule has 0 aliphatic rings. The highest BCUT2D eigenvalue weighted by Crippen LogP contribution is 2.22. The van der Waals surface area contributed by atoms with Gasteiger partial charge in [0.15, 0.2) is 5.78 Å². The first-order valence-corrected chi connectivity index (χ1v) is 9.16. The first-order valence-electron chi connectivity index (χ1n) is 9.16. The summed E-state index contributed by atoms with van der Waals surface area (Å²) in [5.41, 5.74) is 2.42. The van der Waals surface area contributed by atoms with E-state index in [9.17, 15) is 18.4 Å². The van der Waals surface area contributed by atoms with Crippen molar-refractivity contribution in [3.8, 4) is 16.9 Å². The molecule has 0 atom stereocenters. The number of imidazole rings is 1. The topological polar surface area (TPSA) is 54.9 Å². The van der Waals surface area contributed by atoms with Gasteiger partial charge in [0.2, 0.25) is 0 Å². The molecule has 0 amide bonds. The summed E-state index contributed by atoms with van der Waals surface area (Å²) in [6.07, 6.45) is 4.53. The quantitative estimate of drug-likeness (QED) is 0.377. The number of rotatable bonds is 5. The highest BCUT2D eigenvalue weighted by Gasteiger charge is 2.12. The summed E-state index contributed by atoms with van der Waals surface area (Å²) in [6.45, 7) is 0. The smallest absolute Gasteiger partial charge is 0.312 e. The molecule has 1 aromatic heterocycles. The van der Waals surface area contributed by atoms with Gasteiger partial charge in [0, 0.05) is 17.3 Å². The van der Waals surface area contributed by atoms with Crippen LogP contribution < -0.4 is 5.69 Å². The molecule has 4 rings (SSSR count). The van der Waals surface area contributed by atoms with Crippen molar-refractivity contribution in [1.82, 2.24) is 9.55 Å². The van der Waals surface area contributed by atoms with E-state index in [0.717, 1.165) is 0 Å². The van der Waals surface area contributed by atoms with Crippen molar-refractivity contribution >= 4 is 11.9 Å². The molecule has 0 saturated heterocycles. The van der Waals surface area contributed by atoms with Crippen molar-refractivity contribution in [1.29, 1.82) is 0 Å². The Balaban J connectivity index is 1.66. The number of ketones is 1. The normalized spacial score (nSPS) is 11.1. The number of nitrogens with one attached hydrogen (secondary N) is 1. The van der Waals surface area contributed by atoms with Crippen LogP contribution in [0.3, 0.4) is 0 Å². The molecule has 0 spiro atoms. The molecule has 0 radical (unpaired) electrons. The Bertz CT molecular complexity index is 1280. The Labute approximate surface area is 170 Å². The van der Waals surface area contributed by atoms with E-state index in [-0.39, 0.29) is 23.1 Å². The van der Waals surface area contributed by atoms with Crippen LogP contribution in [0.15, 0.2) is 89.9 Å². The summed E-state index contributed by atoms with van der Waals surface area (Å²) in [6, 6.07) is 18.2. The van der Waals surface area contributed by atoms with Crippen molar-refractivity contribution in [2.75, 3.05) is 0 Å². The molecule has 4 aromatic rings. The second-order valence-corrected chi connectivity index (χ2v) is 6.62. The van der Waals surface area contributed by atoms with Gasteiger partial charge < -0.3 is 4.98 Å². The second kappa shape index (κ2) is 8.13. The van der Waals surface area contributed by atoms with E-state index in [1.165, 1.54) is 34.9 Å². The number of nitrogens with zero attached hydrogens (tertiary/aromatic N) is 1. The van der Waals surface area contributed by atoms with Gasteiger partial charge in [-0.25, -0.2) is 13.6 Å². The van der Waals surface area contributed by atoms with Crippen LogP contribution in [0.2, 0.25) is 0 Å². The van der Waals surface area contributed by atoms with E-state index in [1.54, 1.807) is 60.8 Å². The number of hydrogen-bond donors (Lipinski definition) is 1. The van der Waals surface area contributed by atoms with Crippen molar-refractivity contribution in [3.63, 3.8) is 0 Å². The van der Waals surface area contributed by atoms with Crippen molar-refractivity contribution < 1.29 is 13.6 Å². The molecule has 0 aliphatic heterocycles. The minimum atomic E-state index is -0.374. The molecule has 4 nitrogen and oxygen atoms in total. The fraction of sp³-hybridized carbons (Fsp3) is 0. The SMILES string of the molecule is O=C(C=Cc1ccc(F)cc1)c1cccc(-n2c(-c3ccc(F)cc3)c[nH]c2=O)c1. The van der Waals surface area contributed by atoms with Gasteiger partial charge in [-0.1, -0.05) is 30.3 Å². The number of halogens is 2. The Kier molecular flexibility index (Phi) is 5.22. The lowest BCUT2D eigenvalue weighted by Gasteiger charge is -2.09. The summed E-state index contributed by atoms with van der Waals surface area (Å²) >= 11 is 0. The monoisotopic (exact) mass is 402 g/mol. The van der Waals surface area contributed by atoms with Crippen LogP contribution in [0.1, 0.15) is 15.9 Å². The zero-order valence-corrected chi connectivity index (χ0v) is 15.7. The molecule has 1 N–H and O–H groups in total. The van der Waals surface area contributed by atoms with Crippen LogP contribution in [-0.4, -0.2) is 15.3 Å². The predicted molar refractivity (Wildman–Crippen MR) is 112 cm³/mol. The number of hydrogen-bond acceptors (Lipinski definition) is 2. The van der Waals surface area contributed by atoms with E-state index in [0.29, 0.717) is 28.1 Å². The zero-order chi connectivity index (χ0) is 21.1. The van der Waals surface area contributed by atoms with Gasteiger partial charge in [-0.3, -0.25) is 9.36 Å². The van der Waals surface area contributed by atoms with E-state index in [2.05, 4.69) is 4.98 Å². The van der Waals surface area contributed by atoms with Crippen LogP contribution in [0, 0.1) is 11.6 Å². The highest BCUT2D eigenvalue weighted by molar-refractivity contribution is 6.07. The molecule has 6 heteroatoms. The maximum Gasteiger partial charge on any atom is 0.330 e. The third-order valence-corrected chi connectivity index (χ3v) is 4.60. The number of H-pyrrole nitrogens is 1. The second-order valence-electron chi connectivity index (χ2n) is 6.62. The highest BCUT2D eigenvalue weighted by atomic mass is 19.1. The Hall–Kier alpha value is -4.06. The number of carbonyl (C=O) groups excluding carboxylic acids is 1. The minimum Gasteiger partial charge on any atom is -0.312 e. The Morgan fingerprint density at radius 3 is 2.27 bits per heavy atom. The van der Waals surface area contributed by atoms with Crippen molar-refractivity contribution in [3.05, 3.63) is 118 Å². The van der Waals surface area contributed by atoms with Gasteiger partial charge in [-0.2, -0.15) is 0 Å². The van der Waals surface area contributed by atoms with Crippen LogP contribution in [-0.2, 0) is 0 Å². The average molecular weight is 402 g/mol. The van der Waals surface area contributed by atoms with Crippen molar-refractivity contribution in [2.45, 2.75) is 0 Å². The third kappa shape index (κ3) is 4.03. The molecule has 0 bridgehead atoms. The third-order valence-electron chi connectivity index (χ3n) is 4.60. The van der Waals surface area contributed by atoms with Crippen LogP contribution in [0.4, 0.5) is 8.78 Å². The lowest BCUT2D eigenvalue weighted by Crippen LogP contribution is -2.16. The van der Waals surface area contributed by atoms with E-state index >= 15 is 0 Å². The van der Waals surface area contributed by atoms with Gasteiger partial charge in [-0.05, 0) is 60.2 Å². The number of aromatic amines is 1. The lowest BCUT2D eigenvalue weighted by molar-refractivity contribution is 0.104. The molecule has 0 fully saturated rings. The molecule has 1 heterocycles. The molecular weight excluding hydrogens is 386 g/mol. The van der Waals surface area contributed by atoms with Gasteiger partial charge in [0.25, 0.3) is 0 Å². The molecule has 30 heavy (non-hydrogen) atoms. The van der Waals surface area contributed by atoms with Crippen molar-refractivity contribution in [2.24, 2.45) is 0 Å². The number of allylic oxidation sites excluding steroid dienone is 1. The largest absolute Gasteiger partial charge is 0.330 e. The van der Waals surface area contributed by atoms with Crippen LogP contribution >= 0.6 is 0 Å². The Morgan fingerprint density at radius 1 is 0.900 bits per heavy atom. The molecule has 0 aliphatic carbocycles. The van der Waals surface area contributed by atoms with E-state index in [4.69, 9.17) is 0 Å². The Morgan fingerprint density at radius 2 is 1.57 bits per heavy atom. The number of benzene rings is 3. The maximum absolute atomic E-state index is 13.2. The fourth-order valence-electron chi connectivity index (χ4n) is 3.10. The van der Waals surface area contributed by atoms with Gasteiger partial charge in [-0.15, -0.1) is 0 Å². The molecule has 0 unspecified atom stereocenters. The minimum absolute atomic E-state index is 0.256. The zero-order valence-electron chi connectivity index (χ0n) is 15.7. The summed E-state index contributed by atoms with van der Waals surface area (Å²) < 4.78 is 27.7. The molecule has 3 aromatic carbocycles. The summed E-state index contributed by atoms with van der Waals surface area (Å²) in [5.74, 6) is -0.975. The first-order chi connectivity index (χ1) is 14.5. The average Bonchev–Trinajstić information content (AvgIpc) is 3.15. The summed E-state index contributed by atoms with van der Waals surface area (Å²) in [5, 5.41) is 0. The summed E-state index contributed by atoms with van der Waals surface area (Å²) in [7, 11) is 0. The van der Waals surface area contributed by atoms with Crippen LogP contribution in [0.25, 0.3) is 23.0 Å². The van der Waals surface area contributed by atoms with Gasteiger partial charge >= 0.3 is 5.69 Å². The van der Waals surface area contributed by atoms with Gasteiger partial charge in [0.1, 0.15) is 11.6 Å². The van der Waals surface area contributed by atoms with E-state index < -0.39 is 0 Å².